The van der Waals surface area contributed by atoms with Gasteiger partial charge in [-0.25, -0.2) is 4.98 Å². The van der Waals surface area contributed by atoms with Crippen LogP contribution in [0.25, 0.3) is 0 Å². The Kier molecular flexibility index (Phi) is 4.04. The molecule has 1 aromatic heterocycles. The first-order valence-corrected chi connectivity index (χ1v) is 3.05. The van der Waals surface area contributed by atoms with Crippen LogP contribution in [0.5, 0.6) is 0 Å². The summed E-state index contributed by atoms with van der Waals surface area (Å²) in [6.45, 7) is 4.10. The van der Waals surface area contributed by atoms with Gasteiger partial charge in [0.1, 0.15) is 0 Å². The van der Waals surface area contributed by atoms with Gasteiger partial charge in [-0.1, -0.05) is 0 Å². The van der Waals surface area contributed by atoms with Gasteiger partial charge in [0.15, 0.2) is 0 Å². The van der Waals surface area contributed by atoms with Crippen LogP contribution in [0, 0.1) is 13.8 Å². The topological polar surface area (TPSA) is 12.9 Å². The molecule has 0 aliphatic rings. The fraction of sp³-hybridized carbons (Fsp3) is 0.400. The molecular formula is C5H7NSY. The van der Waals surface area contributed by atoms with E-state index in [-0.39, 0.29) is 32.7 Å². The maximum atomic E-state index is 4.03. The largest absolute Gasteiger partial charge is 0.250 e. The van der Waals surface area contributed by atoms with Gasteiger partial charge in [0, 0.05) is 37.6 Å². The maximum Gasteiger partial charge on any atom is 0.0797 e. The Labute approximate surface area is 78.4 Å². The summed E-state index contributed by atoms with van der Waals surface area (Å²) < 4.78 is 0. The molecule has 1 aromatic rings. The van der Waals surface area contributed by atoms with Crippen molar-refractivity contribution in [1.29, 1.82) is 0 Å². The summed E-state index contributed by atoms with van der Waals surface area (Å²) in [5, 5.41) is 0. The standard InChI is InChI=1S/C5H7NS.Y/c1-4-5(2)7-3-6-4;/h3H,1-2H3;. The van der Waals surface area contributed by atoms with Gasteiger partial charge in [0.25, 0.3) is 0 Å². The summed E-state index contributed by atoms with van der Waals surface area (Å²) in [5.41, 5.74) is 3.02. The van der Waals surface area contributed by atoms with E-state index in [2.05, 4.69) is 11.9 Å². The minimum absolute atomic E-state index is 0. The molecular weight excluding hydrogens is 195 g/mol. The van der Waals surface area contributed by atoms with Gasteiger partial charge < -0.3 is 0 Å². The third-order valence-electron chi connectivity index (χ3n) is 0.985. The monoisotopic (exact) mass is 202 g/mol. The summed E-state index contributed by atoms with van der Waals surface area (Å²) in [6, 6.07) is 0. The first-order chi connectivity index (χ1) is 3.30. The Balaban J connectivity index is 0.000000490. The molecule has 0 saturated carbocycles. The van der Waals surface area contributed by atoms with Crippen LogP contribution in [0.3, 0.4) is 0 Å². The Morgan fingerprint density at radius 3 is 2.25 bits per heavy atom. The Morgan fingerprint density at radius 2 is 2.12 bits per heavy atom. The molecule has 0 fully saturated rings. The van der Waals surface area contributed by atoms with E-state index >= 15 is 0 Å². The van der Waals surface area contributed by atoms with E-state index in [1.165, 1.54) is 4.88 Å². The van der Waals surface area contributed by atoms with E-state index in [0.717, 1.165) is 5.69 Å². The van der Waals surface area contributed by atoms with Crippen LogP contribution < -0.4 is 0 Å². The molecule has 41 valence electrons. The third kappa shape index (κ3) is 1.92. The number of aromatic nitrogens is 1. The van der Waals surface area contributed by atoms with E-state index < -0.39 is 0 Å². The van der Waals surface area contributed by atoms with E-state index in [4.69, 9.17) is 0 Å². The second-order valence-corrected chi connectivity index (χ2v) is 2.55. The van der Waals surface area contributed by atoms with Crippen molar-refractivity contribution in [3.8, 4) is 0 Å². The van der Waals surface area contributed by atoms with Crippen molar-refractivity contribution in [3.05, 3.63) is 16.1 Å². The maximum absolute atomic E-state index is 4.03. The molecule has 1 radical (unpaired) electrons. The molecule has 3 heteroatoms. The van der Waals surface area contributed by atoms with Crippen molar-refractivity contribution >= 4 is 11.3 Å². The predicted molar refractivity (Wildman–Crippen MR) is 31.6 cm³/mol. The number of rotatable bonds is 0. The van der Waals surface area contributed by atoms with Crippen molar-refractivity contribution in [3.63, 3.8) is 0 Å². The second-order valence-electron chi connectivity index (χ2n) is 1.49. The van der Waals surface area contributed by atoms with Crippen LogP contribution in [0.1, 0.15) is 10.6 Å². The number of aryl methyl sites for hydroxylation is 2. The zero-order chi connectivity index (χ0) is 5.28. The van der Waals surface area contributed by atoms with Crippen LogP contribution in [-0.2, 0) is 32.7 Å². The molecule has 0 N–H and O–H groups in total. The third-order valence-corrected chi connectivity index (χ3v) is 1.85. The van der Waals surface area contributed by atoms with Crippen molar-refractivity contribution in [1.82, 2.24) is 4.98 Å². The zero-order valence-corrected chi connectivity index (χ0v) is 8.66. The van der Waals surface area contributed by atoms with Gasteiger partial charge in [0.05, 0.1) is 11.2 Å². The molecule has 0 aliphatic heterocycles. The average molecular weight is 202 g/mol. The van der Waals surface area contributed by atoms with E-state index in [1.807, 2.05) is 12.4 Å². The molecule has 0 bridgehead atoms. The summed E-state index contributed by atoms with van der Waals surface area (Å²) in [6.07, 6.45) is 0. The Hall–Kier alpha value is 0.734. The minimum atomic E-state index is 0. The number of nitrogens with zero attached hydrogens (tertiary/aromatic N) is 1. The van der Waals surface area contributed by atoms with Gasteiger partial charge in [0.2, 0.25) is 0 Å². The molecule has 0 saturated heterocycles. The first kappa shape index (κ1) is 8.73. The predicted octanol–water partition coefficient (Wildman–Crippen LogP) is 1.76. The van der Waals surface area contributed by atoms with Gasteiger partial charge in [-0.2, -0.15) is 0 Å². The van der Waals surface area contributed by atoms with Gasteiger partial charge in [-0.3, -0.25) is 0 Å². The molecule has 1 heterocycles. The molecule has 0 aliphatic carbocycles. The molecule has 0 amide bonds. The van der Waals surface area contributed by atoms with Gasteiger partial charge in [-0.15, -0.1) is 11.3 Å². The van der Waals surface area contributed by atoms with Crippen molar-refractivity contribution in [2.45, 2.75) is 13.8 Å². The smallest absolute Gasteiger partial charge is 0.0797 e. The summed E-state index contributed by atoms with van der Waals surface area (Å²) in [4.78, 5) is 5.35. The summed E-state index contributed by atoms with van der Waals surface area (Å²) in [5.74, 6) is 0. The SMILES string of the molecule is Cc1ncsc1C.[Y]. The number of hydrogen-bond acceptors (Lipinski definition) is 2. The second kappa shape index (κ2) is 3.70. The van der Waals surface area contributed by atoms with Crippen LogP contribution in [-0.4, -0.2) is 4.98 Å². The van der Waals surface area contributed by atoms with Crippen LogP contribution in [0.15, 0.2) is 5.51 Å². The number of hydrogen-bond donors (Lipinski definition) is 0. The molecule has 0 aromatic carbocycles. The number of thiazole rings is 1. The molecule has 0 atom stereocenters. The fourth-order valence-corrected chi connectivity index (χ4v) is 0.953. The van der Waals surface area contributed by atoms with E-state index in [9.17, 15) is 0 Å². The van der Waals surface area contributed by atoms with E-state index in [1.54, 1.807) is 11.3 Å². The molecule has 1 rings (SSSR count). The van der Waals surface area contributed by atoms with Crippen molar-refractivity contribution in [2.75, 3.05) is 0 Å². The Morgan fingerprint density at radius 1 is 1.50 bits per heavy atom. The quantitative estimate of drug-likeness (QED) is 0.624. The normalized spacial score (nSPS) is 8.25. The van der Waals surface area contributed by atoms with Crippen molar-refractivity contribution < 1.29 is 32.7 Å². The molecule has 1 nitrogen and oxygen atoms in total. The van der Waals surface area contributed by atoms with Crippen molar-refractivity contribution in [2.24, 2.45) is 0 Å². The van der Waals surface area contributed by atoms with Gasteiger partial charge in [-0.05, 0) is 13.8 Å². The first-order valence-electron chi connectivity index (χ1n) is 2.17. The fourth-order valence-electron chi connectivity index (χ4n) is 0.361. The van der Waals surface area contributed by atoms with Crippen LogP contribution in [0.4, 0.5) is 0 Å². The molecule has 0 spiro atoms. The Bertz CT molecular complexity index is 145. The minimum Gasteiger partial charge on any atom is -0.250 e. The molecule has 8 heavy (non-hydrogen) atoms. The summed E-state index contributed by atoms with van der Waals surface area (Å²) in [7, 11) is 0. The average Bonchev–Trinajstić information content (AvgIpc) is 1.91. The van der Waals surface area contributed by atoms with Crippen LogP contribution >= 0.6 is 11.3 Å². The van der Waals surface area contributed by atoms with Crippen LogP contribution in [0.2, 0.25) is 0 Å². The summed E-state index contributed by atoms with van der Waals surface area (Å²) >= 11 is 1.69. The van der Waals surface area contributed by atoms with E-state index in [0.29, 0.717) is 0 Å². The van der Waals surface area contributed by atoms with Gasteiger partial charge >= 0.3 is 0 Å². The zero-order valence-electron chi connectivity index (χ0n) is 5.01. The molecule has 0 unspecified atom stereocenters.